The zero-order valence-corrected chi connectivity index (χ0v) is 11.6. The zero-order valence-electron chi connectivity index (χ0n) is 11.6. The first-order valence-electron chi connectivity index (χ1n) is 6.94. The van der Waals surface area contributed by atoms with Crippen LogP contribution >= 0.6 is 0 Å². The second kappa shape index (κ2) is 6.38. The minimum absolute atomic E-state index is 0.182. The predicted octanol–water partition coefficient (Wildman–Crippen LogP) is 2.56. The largest absolute Gasteiger partial charge is 0.481 e. The Labute approximate surface area is 118 Å². The third-order valence-corrected chi connectivity index (χ3v) is 4.03. The van der Waals surface area contributed by atoms with Crippen LogP contribution in [0.1, 0.15) is 36.8 Å². The van der Waals surface area contributed by atoms with Crippen LogP contribution in [0.2, 0.25) is 0 Å². The van der Waals surface area contributed by atoms with Crippen LogP contribution in [0.3, 0.4) is 0 Å². The molecule has 0 saturated heterocycles. The lowest BCUT2D eigenvalue weighted by Crippen LogP contribution is -2.25. The lowest BCUT2D eigenvalue weighted by atomic mass is 9.82. The van der Waals surface area contributed by atoms with Crippen LogP contribution in [0.25, 0.3) is 0 Å². The van der Waals surface area contributed by atoms with Gasteiger partial charge in [0, 0.05) is 12.7 Å². The molecule has 0 aromatic carbocycles. The summed E-state index contributed by atoms with van der Waals surface area (Å²) < 4.78 is 0. The van der Waals surface area contributed by atoms with Gasteiger partial charge in [-0.2, -0.15) is 5.26 Å². The fourth-order valence-corrected chi connectivity index (χ4v) is 2.69. The van der Waals surface area contributed by atoms with Crippen LogP contribution in [0.15, 0.2) is 12.3 Å². The standard InChI is InChI=1S/C15H19N3O2/c1-10-6-7-17-14(13(10)8-16)18-9-11-2-4-12(5-3-11)15(19)20/h6-7,11-12H,2-5,9H2,1H3,(H,17,18)(H,19,20). The van der Waals surface area contributed by atoms with E-state index in [9.17, 15) is 4.79 Å². The highest BCUT2D eigenvalue weighted by molar-refractivity contribution is 5.70. The van der Waals surface area contributed by atoms with Gasteiger partial charge in [-0.1, -0.05) is 0 Å². The molecule has 20 heavy (non-hydrogen) atoms. The second-order valence-corrected chi connectivity index (χ2v) is 5.40. The zero-order chi connectivity index (χ0) is 14.5. The maximum atomic E-state index is 10.9. The van der Waals surface area contributed by atoms with Gasteiger partial charge in [-0.3, -0.25) is 4.79 Å². The number of aliphatic carboxylic acids is 1. The molecule has 5 heteroatoms. The van der Waals surface area contributed by atoms with Crippen molar-refractivity contribution >= 4 is 11.8 Å². The Morgan fingerprint density at radius 1 is 1.50 bits per heavy atom. The summed E-state index contributed by atoms with van der Waals surface area (Å²) in [6, 6.07) is 3.99. The van der Waals surface area contributed by atoms with E-state index >= 15 is 0 Å². The molecular formula is C15H19N3O2. The number of hydrogen-bond donors (Lipinski definition) is 2. The van der Waals surface area contributed by atoms with E-state index in [4.69, 9.17) is 10.4 Å². The Morgan fingerprint density at radius 2 is 2.20 bits per heavy atom. The molecule has 1 heterocycles. The fraction of sp³-hybridized carbons (Fsp3) is 0.533. The number of pyridine rings is 1. The molecule has 0 unspecified atom stereocenters. The van der Waals surface area contributed by atoms with E-state index in [1.165, 1.54) is 0 Å². The number of carbonyl (C=O) groups is 1. The molecule has 2 N–H and O–H groups in total. The van der Waals surface area contributed by atoms with Crippen molar-refractivity contribution in [3.8, 4) is 6.07 Å². The average Bonchev–Trinajstić information content (AvgIpc) is 2.45. The molecule has 1 aliphatic rings. The number of hydrogen-bond acceptors (Lipinski definition) is 4. The van der Waals surface area contributed by atoms with Gasteiger partial charge in [0.2, 0.25) is 0 Å². The van der Waals surface area contributed by atoms with E-state index in [1.54, 1.807) is 6.20 Å². The van der Waals surface area contributed by atoms with Crippen LogP contribution in [0.5, 0.6) is 0 Å². The molecule has 1 aromatic heterocycles. The van der Waals surface area contributed by atoms with E-state index in [0.29, 0.717) is 17.3 Å². The first-order chi connectivity index (χ1) is 9.61. The Hall–Kier alpha value is -2.09. The highest BCUT2D eigenvalue weighted by atomic mass is 16.4. The third-order valence-electron chi connectivity index (χ3n) is 4.03. The minimum atomic E-state index is -0.677. The maximum Gasteiger partial charge on any atom is 0.306 e. The van der Waals surface area contributed by atoms with Crippen LogP contribution in [0.4, 0.5) is 5.82 Å². The summed E-state index contributed by atoms with van der Waals surface area (Å²) in [5.74, 6) is 0.230. The van der Waals surface area contributed by atoms with Crippen LogP contribution in [0, 0.1) is 30.1 Å². The van der Waals surface area contributed by atoms with Crippen molar-refractivity contribution in [3.63, 3.8) is 0 Å². The van der Waals surface area contributed by atoms with Gasteiger partial charge in [-0.15, -0.1) is 0 Å². The number of rotatable bonds is 4. The van der Waals surface area contributed by atoms with Crippen molar-refractivity contribution in [2.75, 3.05) is 11.9 Å². The molecule has 0 aliphatic heterocycles. The number of aryl methyl sites for hydroxylation is 1. The summed E-state index contributed by atoms with van der Waals surface area (Å²) in [5, 5.41) is 21.3. The molecule has 1 fully saturated rings. The lowest BCUT2D eigenvalue weighted by molar-refractivity contribution is -0.143. The average molecular weight is 273 g/mol. The Kier molecular flexibility index (Phi) is 4.57. The smallest absolute Gasteiger partial charge is 0.306 e. The molecular weight excluding hydrogens is 254 g/mol. The summed E-state index contributed by atoms with van der Waals surface area (Å²) in [6.07, 6.45) is 5.01. The molecule has 5 nitrogen and oxygen atoms in total. The highest BCUT2D eigenvalue weighted by Crippen LogP contribution is 2.29. The number of nitrogens with one attached hydrogen (secondary N) is 1. The minimum Gasteiger partial charge on any atom is -0.481 e. The molecule has 1 aromatic rings. The highest BCUT2D eigenvalue weighted by Gasteiger charge is 2.25. The van der Waals surface area contributed by atoms with E-state index in [2.05, 4.69) is 16.4 Å². The molecule has 0 radical (unpaired) electrons. The fourth-order valence-electron chi connectivity index (χ4n) is 2.69. The van der Waals surface area contributed by atoms with Crippen molar-refractivity contribution in [1.82, 2.24) is 4.98 Å². The SMILES string of the molecule is Cc1ccnc(NCC2CCC(C(=O)O)CC2)c1C#N. The second-order valence-electron chi connectivity index (χ2n) is 5.40. The van der Waals surface area contributed by atoms with Crippen LogP contribution in [-0.2, 0) is 4.79 Å². The van der Waals surface area contributed by atoms with Gasteiger partial charge < -0.3 is 10.4 Å². The molecule has 0 bridgehead atoms. The quantitative estimate of drug-likeness (QED) is 0.880. The Balaban J connectivity index is 1.90. The monoisotopic (exact) mass is 273 g/mol. The summed E-state index contributed by atoms with van der Waals surface area (Å²) in [6.45, 7) is 2.64. The van der Waals surface area contributed by atoms with E-state index in [1.807, 2.05) is 13.0 Å². The van der Waals surface area contributed by atoms with Crippen molar-refractivity contribution in [3.05, 3.63) is 23.4 Å². The number of nitrogens with zero attached hydrogens (tertiary/aromatic N) is 2. The van der Waals surface area contributed by atoms with Gasteiger partial charge in [0.05, 0.1) is 11.5 Å². The van der Waals surface area contributed by atoms with Crippen molar-refractivity contribution in [1.29, 1.82) is 5.26 Å². The van der Waals surface area contributed by atoms with Gasteiger partial charge in [-0.25, -0.2) is 4.98 Å². The molecule has 2 rings (SSSR count). The van der Waals surface area contributed by atoms with Crippen molar-refractivity contribution < 1.29 is 9.90 Å². The number of aromatic nitrogens is 1. The predicted molar refractivity (Wildman–Crippen MR) is 75.3 cm³/mol. The van der Waals surface area contributed by atoms with Gasteiger partial charge in [0.25, 0.3) is 0 Å². The van der Waals surface area contributed by atoms with E-state index < -0.39 is 5.97 Å². The Morgan fingerprint density at radius 3 is 2.80 bits per heavy atom. The number of nitriles is 1. The van der Waals surface area contributed by atoms with Crippen LogP contribution < -0.4 is 5.32 Å². The van der Waals surface area contributed by atoms with Gasteiger partial charge in [0.1, 0.15) is 11.9 Å². The number of carboxylic acid groups (broad SMARTS) is 1. The molecule has 1 saturated carbocycles. The third kappa shape index (κ3) is 3.27. The lowest BCUT2D eigenvalue weighted by Gasteiger charge is -2.26. The Bertz CT molecular complexity index is 528. The normalized spacial score (nSPS) is 22.0. The summed E-state index contributed by atoms with van der Waals surface area (Å²) >= 11 is 0. The van der Waals surface area contributed by atoms with Crippen molar-refractivity contribution in [2.24, 2.45) is 11.8 Å². The van der Waals surface area contributed by atoms with Gasteiger partial charge in [-0.05, 0) is 50.2 Å². The number of anilines is 1. The summed E-state index contributed by atoms with van der Waals surface area (Å²) in [5.41, 5.74) is 1.51. The molecule has 106 valence electrons. The van der Waals surface area contributed by atoms with E-state index in [-0.39, 0.29) is 5.92 Å². The van der Waals surface area contributed by atoms with E-state index in [0.717, 1.165) is 37.8 Å². The topological polar surface area (TPSA) is 86.0 Å². The number of carboxylic acids is 1. The molecule has 0 amide bonds. The van der Waals surface area contributed by atoms with Crippen LogP contribution in [-0.4, -0.2) is 22.6 Å². The first-order valence-corrected chi connectivity index (χ1v) is 6.94. The molecule has 0 atom stereocenters. The summed E-state index contributed by atoms with van der Waals surface area (Å²) in [4.78, 5) is 15.1. The van der Waals surface area contributed by atoms with Crippen molar-refractivity contribution in [2.45, 2.75) is 32.6 Å². The summed E-state index contributed by atoms with van der Waals surface area (Å²) in [7, 11) is 0. The van der Waals surface area contributed by atoms with Gasteiger partial charge >= 0.3 is 5.97 Å². The van der Waals surface area contributed by atoms with Gasteiger partial charge in [0.15, 0.2) is 0 Å². The first kappa shape index (κ1) is 14.3. The maximum absolute atomic E-state index is 10.9. The molecule has 0 spiro atoms. The molecule has 1 aliphatic carbocycles.